The molecule has 2 bridgehead atoms. The summed E-state index contributed by atoms with van der Waals surface area (Å²) in [7, 11) is 1.25. The first-order valence-corrected chi connectivity index (χ1v) is 13.1. The Balaban J connectivity index is 1.65. The van der Waals surface area contributed by atoms with E-state index in [1.54, 1.807) is 19.9 Å². The van der Waals surface area contributed by atoms with Crippen LogP contribution in [0.2, 0.25) is 0 Å². The van der Waals surface area contributed by atoms with Crippen molar-refractivity contribution in [3.63, 3.8) is 0 Å². The fraction of sp³-hybridized carbons (Fsp3) is 0.586. The maximum atomic E-state index is 14.2. The molecule has 2 N–H and O–H groups in total. The summed E-state index contributed by atoms with van der Waals surface area (Å²) in [6.07, 6.45) is 2.28. The Hall–Kier alpha value is -3.24. The van der Waals surface area contributed by atoms with Gasteiger partial charge in [-0.15, -0.1) is 0 Å². The van der Waals surface area contributed by atoms with E-state index in [0.29, 0.717) is 29.6 Å². The second kappa shape index (κ2) is 7.69. The molecule has 0 aromatic carbocycles. The van der Waals surface area contributed by atoms with Crippen LogP contribution in [0.5, 0.6) is 0 Å². The van der Waals surface area contributed by atoms with Crippen LogP contribution in [0.1, 0.15) is 65.0 Å². The molecule has 1 aliphatic heterocycles. The summed E-state index contributed by atoms with van der Waals surface area (Å²) in [6, 6.07) is 1.70. The number of cyclic esters (lactones) is 1. The van der Waals surface area contributed by atoms with Gasteiger partial charge in [-0.1, -0.05) is 26.3 Å². The highest BCUT2D eigenvalue weighted by Crippen LogP contribution is 2.79. The highest BCUT2D eigenvalue weighted by Gasteiger charge is 2.87. The Bertz CT molecular complexity index is 1390. The monoisotopic (exact) mass is 540 g/mol. The van der Waals surface area contributed by atoms with Crippen molar-refractivity contribution in [2.24, 2.45) is 22.2 Å². The molecule has 0 saturated heterocycles. The number of furan rings is 1. The quantitative estimate of drug-likeness (QED) is 0.431. The van der Waals surface area contributed by atoms with E-state index in [0.717, 1.165) is 6.92 Å². The maximum absolute atomic E-state index is 14.2. The highest BCUT2D eigenvalue weighted by molar-refractivity contribution is 5.98. The normalized spacial score (nSPS) is 43.9. The number of carbonyl (C=O) groups is 4. The minimum Gasteiger partial charge on any atom is -0.472 e. The molecule has 2 fully saturated rings. The molecule has 10 nitrogen and oxygen atoms in total. The van der Waals surface area contributed by atoms with Crippen LogP contribution in [0.4, 0.5) is 0 Å². The number of aliphatic hydroxyl groups is 2. The molecule has 39 heavy (non-hydrogen) atoms. The lowest BCUT2D eigenvalue weighted by Gasteiger charge is -2.53. The second-order valence-electron chi connectivity index (χ2n) is 12.3. The molecule has 2 saturated carbocycles. The number of ether oxygens (including phenoxy) is 3. The van der Waals surface area contributed by atoms with E-state index >= 15 is 0 Å². The van der Waals surface area contributed by atoms with Crippen LogP contribution in [0.15, 0.2) is 45.8 Å². The van der Waals surface area contributed by atoms with E-state index < -0.39 is 69.3 Å². The number of fused-ring (bicyclic) bond motifs is 5. The zero-order chi connectivity index (χ0) is 28.3. The average Bonchev–Trinajstić information content (AvgIpc) is 3.50. The van der Waals surface area contributed by atoms with Gasteiger partial charge in [0.05, 0.1) is 26.1 Å². The zero-order valence-electron chi connectivity index (χ0n) is 22.5. The molecule has 4 aliphatic carbocycles. The first-order valence-electron chi connectivity index (χ1n) is 13.1. The lowest BCUT2D eigenvalue weighted by molar-refractivity contribution is -0.223. The van der Waals surface area contributed by atoms with Gasteiger partial charge in [-0.05, 0) is 42.4 Å². The van der Waals surface area contributed by atoms with E-state index in [1.807, 2.05) is 6.92 Å². The Kier molecular flexibility index (Phi) is 5.13. The minimum atomic E-state index is -2.36. The number of hydrogen-bond acceptors (Lipinski definition) is 10. The Morgan fingerprint density at radius 1 is 1.15 bits per heavy atom. The van der Waals surface area contributed by atoms with Gasteiger partial charge >= 0.3 is 17.9 Å². The van der Waals surface area contributed by atoms with Crippen LogP contribution in [0, 0.1) is 22.2 Å². The molecule has 2 heterocycles. The summed E-state index contributed by atoms with van der Waals surface area (Å²) < 4.78 is 21.6. The summed E-state index contributed by atoms with van der Waals surface area (Å²) in [5.41, 5.74) is -5.84. The third kappa shape index (κ3) is 2.78. The Morgan fingerprint density at radius 3 is 2.49 bits per heavy atom. The van der Waals surface area contributed by atoms with E-state index in [9.17, 15) is 29.4 Å². The fourth-order valence-electron chi connectivity index (χ4n) is 8.86. The molecular weight excluding hydrogens is 508 g/mol. The number of ketones is 1. The van der Waals surface area contributed by atoms with Crippen molar-refractivity contribution >= 4 is 23.7 Å². The van der Waals surface area contributed by atoms with Crippen molar-refractivity contribution in [3.8, 4) is 0 Å². The predicted molar refractivity (Wildman–Crippen MR) is 131 cm³/mol. The molecule has 0 amide bonds. The van der Waals surface area contributed by atoms with Crippen molar-refractivity contribution in [2.75, 3.05) is 7.11 Å². The highest BCUT2D eigenvalue weighted by atomic mass is 16.6. The van der Waals surface area contributed by atoms with Crippen molar-refractivity contribution in [2.45, 2.75) is 76.8 Å². The standard InChI is InChI=1S/C29H32O10/c1-14(30)38-24-22(33)26(3)13-28(34)27(4,18(26)11-19(31)36-5)16-6-8-25(2)17(21(16)29(24,28)35)10-20(32)39-23(25)15-7-9-37-12-15/h7,9-10,12,18,23-24,34-35H,6,8,11,13H2,1-5H3/t18-,23-,24-,25+,26-,27+,28+,29+/m0/s1. The topological polar surface area (TPSA) is 150 Å². The average molecular weight is 541 g/mol. The SMILES string of the molecule is COC(=O)C[C@H]1[C@]2(C)C[C@]3(O)[C@@](O)(C4=C(CC[C@]5(C)C4=CC(=O)O[C@H]5c4ccoc4)[C@]13C)[C@@H](OC(C)=O)C2=O. The molecule has 6 rings (SSSR count). The fourth-order valence-corrected chi connectivity index (χ4v) is 8.86. The molecule has 1 aromatic rings. The van der Waals surface area contributed by atoms with Gasteiger partial charge in [-0.3, -0.25) is 14.4 Å². The summed E-state index contributed by atoms with van der Waals surface area (Å²) in [5, 5.41) is 25.4. The van der Waals surface area contributed by atoms with Gasteiger partial charge in [0.25, 0.3) is 0 Å². The summed E-state index contributed by atoms with van der Waals surface area (Å²) in [5.74, 6) is -3.36. The smallest absolute Gasteiger partial charge is 0.331 e. The van der Waals surface area contributed by atoms with E-state index in [-0.39, 0.29) is 18.4 Å². The van der Waals surface area contributed by atoms with Crippen LogP contribution in [0.3, 0.4) is 0 Å². The lowest BCUT2D eigenvalue weighted by atomic mass is 9.55. The van der Waals surface area contributed by atoms with Gasteiger partial charge in [0, 0.05) is 34.8 Å². The summed E-state index contributed by atoms with van der Waals surface area (Å²) in [4.78, 5) is 52.1. The third-order valence-electron chi connectivity index (χ3n) is 10.7. The first kappa shape index (κ1) is 26.0. The maximum Gasteiger partial charge on any atom is 0.331 e. The molecule has 5 aliphatic rings. The molecule has 208 valence electrons. The van der Waals surface area contributed by atoms with Crippen molar-refractivity contribution in [1.29, 1.82) is 0 Å². The lowest BCUT2D eigenvalue weighted by Crippen LogP contribution is -2.70. The number of esters is 3. The number of methoxy groups -OCH3 is 1. The Morgan fingerprint density at radius 2 is 1.87 bits per heavy atom. The van der Waals surface area contributed by atoms with E-state index in [4.69, 9.17) is 18.6 Å². The van der Waals surface area contributed by atoms with Crippen LogP contribution in [-0.2, 0) is 33.4 Å². The van der Waals surface area contributed by atoms with E-state index in [1.165, 1.54) is 25.7 Å². The van der Waals surface area contributed by atoms with Gasteiger partial charge in [0.15, 0.2) is 17.5 Å². The molecule has 8 atom stereocenters. The molecule has 0 spiro atoms. The van der Waals surface area contributed by atoms with Crippen LogP contribution >= 0.6 is 0 Å². The van der Waals surface area contributed by atoms with Gasteiger partial charge < -0.3 is 28.8 Å². The molecule has 0 radical (unpaired) electrons. The van der Waals surface area contributed by atoms with Crippen molar-refractivity contribution < 1.29 is 48.0 Å². The third-order valence-corrected chi connectivity index (χ3v) is 10.7. The van der Waals surface area contributed by atoms with Crippen LogP contribution < -0.4 is 0 Å². The summed E-state index contributed by atoms with van der Waals surface area (Å²) >= 11 is 0. The number of Topliss-reactive ketones (excluding diaryl/α,β-unsaturated/α-hetero) is 1. The predicted octanol–water partition coefficient (Wildman–Crippen LogP) is 2.49. The molecular formula is C29H32O10. The van der Waals surface area contributed by atoms with E-state index in [2.05, 4.69) is 0 Å². The number of rotatable bonds is 4. The Labute approximate surface area is 225 Å². The minimum absolute atomic E-state index is 0.155. The van der Waals surface area contributed by atoms with Gasteiger partial charge in [-0.25, -0.2) is 4.79 Å². The number of hydrogen-bond donors (Lipinski definition) is 2. The van der Waals surface area contributed by atoms with Crippen molar-refractivity contribution in [1.82, 2.24) is 0 Å². The first-order chi connectivity index (χ1) is 18.2. The van der Waals surface area contributed by atoms with Gasteiger partial charge in [0.1, 0.15) is 11.7 Å². The molecule has 0 unspecified atom stereocenters. The van der Waals surface area contributed by atoms with Crippen LogP contribution in [0.25, 0.3) is 0 Å². The van der Waals surface area contributed by atoms with Crippen molar-refractivity contribution in [3.05, 3.63) is 47.0 Å². The summed E-state index contributed by atoms with van der Waals surface area (Å²) in [6.45, 7) is 6.45. The van der Waals surface area contributed by atoms with Gasteiger partial charge in [0.2, 0.25) is 0 Å². The molecule has 10 heteroatoms. The molecule has 1 aromatic heterocycles. The zero-order valence-corrected chi connectivity index (χ0v) is 22.5. The van der Waals surface area contributed by atoms with Gasteiger partial charge in [-0.2, -0.15) is 0 Å². The van der Waals surface area contributed by atoms with Crippen LogP contribution in [-0.4, -0.2) is 58.3 Å². The second-order valence-corrected chi connectivity index (χ2v) is 12.3. The largest absolute Gasteiger partial charge is 0.472 e. The number of carbonyl (C=O) groups excluding carboxylic acids is 4.